The van der Waals surface area contributed by atoms with E-state index in [1.807, 2.05) is 44.4 Å². The van der Waals surface area contributed by atoms with Crippen molar-refractivity contribution in [3.63, 3.8) is 0 Å². The van der Waals surface area contributed by atoms with Gasteiger partial charge < -0.3 is 15.1 Å². The summed E-state index contributed by atoms with van der Waals surface area (Å²) in [6, 6.07) is 9.58. The highest BCUT2D eigenvalue weighted by atomic mass is 16.2. The topological polar surface area (TPSA) is 90.0 Å². The molecule has 0 radical (unpaired) electrons. The van der Waals surface area contributed by atoms with Crippen LogP contribution < -0.4 is 10.2 Å². The summed E-state index contributed by atoms with van der Waals surface area (Å²) in [6.07, 6.45) is 3.29. The van der Waals surface area contributed by atoms with Crippen LogP contribution in [0.15, 0.2) is 42.9 Å². The quantitative estimate of drug-likeness (QED) is 0.705. The Kier molecular flexibility index (Phi) is 4.72. The molecule has 0 bridgehead atoms. The summed E-state index contributed by atoms with van der Waals surface area (Å²) in [5.41, 5.74) is 1.30. The first-order chi connectivity index (χ1) is 13.1. The average molecular weight is 365 g/mol. The number of fused-ring (bicyclic) bond motifs is 1. The Bertz CT molecular complexity index is 924. The minimum atomic E-state index is -0.147. The Morgan fingerprint density at radius 1 is 1.30 bits per heavy atom. The summed E-state index contributed by atoms with van der Waals surface area (Å²) in [7, 11) is 4.10. The van der Waals surface area contributed by atoms with Crippen molar-refractivity contribution >= 4 is 22.6 Å². The SMILES string of the molecule is CN(C)C[C@@H]1CN(c2ccncn2)C[C@H]1NC(=O)c1n[nH]c2ccccc12. The molecule has 0 aliphatic carbocycles. The number of aromatic amines is 1. The Labute approximate surface area is 157 Å². The number of carbonyl (C=O) groups excluding carboxylic acids is 1. The molecule has 1 aliphatic rings. The van der Waals surface area contributed by atoms with Crippen LogP contribution in [0.2, 0.25) is 0 Å². The number of H-pyrrole nitrogens is 1. The minimum absolute atomic E-state index is 0.0188. The fourth-order valence-electron chi connectivity index (χ4n) is 3.72. The standard InChI is InChI=1S/C19H23N7O/c1-25(2)9-13-10-26(17-7-8-20-12-21-17)11-16(13)22-19(27)18-14-5-3-4-6-15(14)23-24-18/h3-8,12-13,16H,9-11H2,1-2H3,(H,22,27)(H,23,24)/t13-,16-/m1/s1. The molecule has 1 aliphatic heterocycles. The number of carbonyl (C=O) groups is 1. The van der Waals surface area contributed by atoms with Crippen LogP contribution in [0.25, 0.3) is 10.9 Å². The number of amides is 1. The normalized spacial score (nSPS) is 19.7. The molecule has 8 nitrogen and oxygen atoms in total. The number of anilines is 1. The van der Waals surface area contributed by atoms with Gasteiger partial charge in [-0.2, -0.15) is 5.10 Å². The van der Waals surface area contributed by atoms with Gasteiger partial charge in [0.25, 0.3) is 5.91 Å². The number of benzene rings is 1. The fraction of sp³-hybridized carbons (Fsp3) is 0.368. The maximum atomic E-state index is 12.9. The molecule has 0 saturated carbocycles. The van der Waals surface area contributed by atoms with Gasteiger partial charge in [-0.25, -0.2) is 9.97 Å². The Hall–Kier alpha value is -3.00. The van der Waals surface area contributed by atoms with Gasteiger partial charge in [0.1, 0.15) is 12.1 Å². The second-order valence-corrected chi connectivity index (χ2v) is 7.19. The summed E-state index contributed by atoms with van der Waals surface area (Å²) in [5, 5.41) is 11.2. The van der Waals surface area contributed by atoms with E-state index in [0.717, 1.165) is 29.8 Å². The second-order valence-electron chi connectivity index (χ2n) is 7.19. The lowest BCUT2D eigenvalue weighted by Crippen LogP contribution is -2.43. The number of nitrogens with zero attached hydrogens (tertiary/aromatic N) is 5. The van der Waals surface area contributed by atoms with Crippen molar-refractivity contribution < 1.29 is 4.79 Å². The molecule has 2 atom stereocenters. The van der Waals surface area contributed by atoms with Gasteiger partial charge in [-0.3, -0.25) is 9.89 Å². The lowest BCUT2D eigenvalue weighted by molar-refractivity contribution is 0.0924. The van der Waals surface area contributed by atoms with Gasteiger partial charge in [0.2, 0.25) is 0 Å². The maximum absolute atomic E-state index is 12.9. The van der Waals surface area contributed by atoms with Crippen LogP contribution in [0.3, 0.4) is 0 Å². The first-order valence-corrected chi connectivity index (χ1v) is 9.01. The third-order valence-corrected chi connectivity index (χ3v) is 4.93. The van der Waals surface area contributed by atoms with E-state index >= 15 is 0 Å². The zero-order valence-corrected chi connectivity index (χ0v) is 15.5. The van der Waals surface area contributed by atoms with Crippen molar-refractivity contribution in [2.75, 3.05) is 38.6 Å². The van der Waals surface area contributed by atoms with Gasteiger partial charge in [-0.05, 0) is 26.2 Å². The van der Waals surface area contributed by atoms with E-state index in [1.54, 1.807) is 12.5 Å². The Morgan fingerprint density at radius 2 is 2.15 bits per heavy atom. The monoisotopic (exact) mass is 365 g/mol. The third-order valence-electron chi connectivity index (χ3n) is 4.93. The van der Waals surface area contributed by atoms with Gasteiger partial charge in [-0.1, -0.05) is 18.2 Å². The van der Waals surface area contributed by atoms with E-state index in [2.05, 4.69) is 35.3 Å². The van der Waals surface area contributed by atoms with Gasteiger partial charge in [0.05, 0.1) is 11.6 Å². The van der Waals surface area contributed by atoms with Crippen molar-refractivity contribution in [2.45, 2.75) is 6.04 Å². The van der Waals surface area contributed by atoms with E-state index in [9.17, 15) is 4.79 Å². The molecule has 140 valence electrons. The molecule has 1 saturated heterocycles. The predicted octanol–water partition coefficient (Wildman–Crippen LogP) is 1.15. The number of rotatable bonds is 5. The van der Waals surface area contributed by atoms with Crippen molar-refractivity contribution in [1.29, 1.82) is 0 Å². The molecule has 2 N–H and O–H groups in total. The van der Waals surface area contributed by atoms with Crippen LogP contribution in [0.1, 0.15) is 10.5 Å². The Balaban J connectivity index is 1.54. The number of aromatic nitrogens is 4. The van der Waals surface area contributed by atoms with Crippen molar-refractivity contribution in [3.8, 4) is 0 Å². The van der Waals surface area contributed by atoms with E-state index in [4.69, 9.17) is 0 Å². The van der Waals surface area contributed by atoms with Gasteiger partial charge in [-0.15, -0.1) is 0 Å². The van der Waals surface area contributed by atoms with Gasteiger partial charge in [0.15, 0.2) is 5.69 Å². The van der Waals surface area contributed by atoms with Crippen molar-refractivity contribution in [1.82, 2.24) is 30.4 Å². The summed E-state index contributed by atoms with van der Waals surface area (Å²) in [6.45, 7) is 2.43. The van der Waals surface area contributed by atoms with E-state index in [0.29, 0.717) is 18.2 Å². The first-order valence-electron chi connectivity index (χ1n) is 9.01. The van der Waals surface area contributed by atoms with E-state index in [1.165, 1.54) is 0 Å². The third kappa shape index (κ3) is 3.61. The Morgan fingerprint density at radius 3 is 2.93 bits per heavy atom. The summed E-state index contributed by atoms with van der Waals surface area (Å²) >= 11 is 0. The highest BCUT2D eigenvalue weighted by Gasteiger charge is 2.35. The number of nitrogens with one attached hydrogen (secondary N) is 2. The van der Waals surface area contributed by atoms with Crippen molar-refractivity contribution in [3.05, 3.63) is 48.5 Å². The van der Waals surface area contributed by atoms with Crippen molar-refractivity contribution in [2.24, 2.45) is 5.92 Å². The average Bonchev–Trinajstić information content (AvgIpc) is 3.26. The number of para-hydroxylation sites is 1. The lowest BCUT2D eigenvalue weighted by atomic mass is 10.0. The number of hydrogen-bond acceptors (Lipinski definition) is 6. The van der Waals surface area contributed by atoms with E-state index in [-0.39, 0.29) is 11.9 Å². The predicted molar refractivity (Wildman–Crippen MR) is 104 cm³/mol. The molecule has 2 aromatic heterocycles. The van der Waals surface area contributed by atoms with Crippen LogP contribution in [-0.2, 0) is 0 Å². The molecule has 1 fully saturated rings. The highest BCUT2D eigenvalue weighted by molar-refractivity contribution is 6.04. The first kappa shape index (κ1) is 17.4. The minimum Gasteiger partial charge on any atom is -0.354 e. The fourth-order valence-corrected chi connectivity index (χ4v) is 3.72. The number of hydrogen-bond donors (Lipinski definition) is 2. The molecular formula is C19H23N7O. The van der Waals surface area contributed by atoms with Crippen LogP contribution in [0.4, 0.5) is 5.82 Å². The summed E-state index contributed by atoms with van der Waals surface area (Å²) < 4.78 is 0. The summed E-state index contributed by atoms with van der Waals surface area (Å²) in [5.74, 6) is 1.03. The molecule has 3 aromatic rings. The van der Waals surface area contributed by atoms with E-state index < -0.39 is 0 Å². The summed E-state index contributed by atoms with van der Waals surface area (Å²) in [4.78, 5) is 25.6. The second kappa shape index (κ2) is 7.32. The molecular weight excluding hydrogens is 342 g/mol. The molecule has 27 heavy (non-hydrogen) atoms. The van der Waals surface area contributed by atoms with Gasteiger partial charge >= 0.3 is 0 Å². The molecule has 3 heterocycles. The molecule has 0 spiro atoms. The zero-order chi connectivity index (χ0) is 18.8. The molecule has 4 rings (SSSR count). The molecule has 0 unspecified atom stereocenters. The van der Waals surface area contributed by atoms with Crippen LogP contribution >= 0.6 is 0 Å². The maximum Gasteiger partial charge on any atom is 0.272 e. The smallest absolute Gasteiger partial charge is 0.272 e. The van der Waals surface area contributed by atoms with Crippen LogP contribution in [0.5, 0.6) is 0 Å². The highest BCUT2D eigenvalue weighted by Crippen LogP contribution is 2.23. The molecule has 1 aromatic carbocycles. The van der Waals surface area contributed by atoms with Crippen LogP contribution in [0, 0.1) is 5.92 Å². The molecule has 1 amide bonds. The largest absolute Gasteiger partial charge is 0.354 e. The lowest BCUT2D eigenvalue weighted by Gasteiger charge is -2.22. The zero-order valence-electron chi connectivity index (χ0n) is 15.5. The van der Waals surface area contributed by atoms with Crippen LogP contribution in [-0.4, -0.2) is 70.7 Å². The van der Waals surface area contributed by atoms with Gasteiger partial charge in [0, 0.05) is 37.1 Å². The molecule has 8 heteroatoms.